The second-order valence-corrected chi connectivity index (χ2v) is 13.8. The molecule has 1 N–H and O–H groups in total. The summed E-state index contributed by atoms with van der Waals surface area (Å²) in [5.41, 5.74) is -1.02. The fraction of sp³-hybridized carbons (Fsp3) is 0.846. The molecule has 0 radical (unpaired) electrons. The van der Waals surface area contributed by atoms with Crippen LogP contribution in [-0.2, 0) is 19.1 Å². The lowest BCUT2D eigenvalue weighted by atomic mass is 9.86. The third kappa shape index (κ3) is 24.4. The molecule has 0 saturated carbocycles. The molecule has 5 heteroatoms. The molecule has 0 aromatic heterocycles. The van der Waals surface area contributed by atoms with E-state index in [0.717, 1.165) is 89.9 Å². The standard InChI is InChI=1S/C39H68O5/c1-7-9-11-13-15-17-19-27-33-43-36(41)38(3,4)31-25-21-23-29-35(40)30-24-22-26-32-39(5,6)37(42)44-34-28-20-18-16-14-12-10-8-2/h35,40H,7-18,21-26,29-34H2,1-6H3. The molecule has 0 saturated heterocycles. The Hall–Kier alpha value is -1.98. The summed E-state index contributed by atoms with van der Waals surface area (Å²) in [7, 11) is 0. The van der Waals surface area contributed by atoms with Crippen molar-refractivity contribution in [2.24, 2.45) is 10.8 Å². The zero-order chi connectivity index (χ0) is 32.9. The van der Waals surface area contributed by atoms with Gasteiger partial charge >= 0.3 is 11.9 Å². The van der Waals surface area contributed by atoms with Crippen LogP contribution in [-0.4, -0.2) is 36.4 Å². The first-order valence-electron chi connectivity index (χ1n) is 18.0. The number of unbranched alkanes of at least 4 members (excludes halogenated alkanes) is 14. The molecule has 0 aliphatic rings. The van der Waals surface area contributed by atoms with E-state index in [9.17, 15) is 14.7 Å². The maximum atomic E-state index is 12.5. The first kappa shape index (κ1) is 42.0. The highest BCUT2D eigenvalue weighted by molar-refractivity contribution is 5.76. The number of carbonyl (C=O) groups excluding carboxylic acids is 2. The molecule has 0 rings (SSSR count). The summed E-state index contributed by atoms with van der Waals surface area (Å²) >= 11 is 0. The van der Waals surface area contributed by atoms with E-state index in [1.165, 1.54) is 51.4 Å². The molecule has 0 atom stereocenters. The lowest BCUT2D eigenvalue weighted by Crippen LogP contribution is -2.26. The van der Waals surface area contributed by atoms with Crippen LogP contribution in [0.1, 0.15) is 183 Å². The summed E-state index contributed by atoms with van der Waals surface area (Å²) in [5.74, 6) is 11.8. The summed E-state index contributed by atoms with van der Waals surface area (Å²) in [6.07, 6.45) is 22.7. The molecule has 44 heavy (non-hydrogen) atoms. The maximum absolute atomic E-state index is 12.5. The number of ether oxygens (including phenoxy) is 2. The number of rotatable bonds is 26. The molecule has 0 fully saturated rings. The predicted molar refractivity (Wildman–Crippen MR) is 184 cm³/mol. The lowest BCUT2D eigenvalue weighted by molar-refractivity contribution is -0.153. The molecule has 0 spiro atoms. The zero-order valence-electron chi connectivity index (χ0n) is 29.6. The average Bonchev–Trinajstić information content (AvgIpc) is 2.98. The number of aliphatic hydroxyl groups is 1. The molecular weight excluding hydrogens is 548 g/mol. The minimum atomic E-state index is -0.512. The highest BCUT2D eigenvalue weighted by atomic mass is 16.5. The Kier molecular flexibility index (Phi) is 26.1. The Morgan fingerprint density at radius 2 is 0.909 bits per heavy atom. The Morgan fingerprint density at radius 3 is 1.30 bits per heavy atom. The molecule has 0 heterocycles. The van der Waals surface area contributed by atoms with Crippen LogP contribution in [0, 0.1) is 34.5 Å². The van der Waals surface area contributed by atoms with Crippen molar-refractivity contribution in [1.82, 2.24) is 0 Å². The van der Waals surface area contributed by atoms with Crippen LogP contribution < -0.4 is 0 Å². The van der Waals surface area contributed by atoms with Gasteiger partial charge in [-0.2, -0.15) is 0 Å². The highest BCUT2D eigenvalue weighted by Crippen LogP contribution is 2.27. The van der Waals surface area contributed by atoms with Crippen LogP contribution in [0.3, 0.4) is 0 Å². The molecule has 0 aliphatic heterocycles. The second kappa shape index (κ2) is 27.3. The first-order valence-corrected chi connectivity index (χ1v) is 18.0. The van der Waals surface area contributed by atoms with Crippen LogP contribution in [0.25, 0.3) is 0 Å². The molecule has 0 aromatic carbocycles. The summed E-state index contributed by atoms with van der Waals surface area (Å²) in [6.45, 7) is 12.6. The van der Waals surface area contributed by atoms with Gasteiger partial charge < -0.3 is 14.6 Å². The molecule has 0 unspecified atom stereocenters. The van der Waals surface area contributed by atoms with Gasteiger partial charge in [-0.25, -0.2) is 0 Å². The molecular formula is C39H68O5. The van der Waals surface area contributed by atoms with E-state index < -0.39 is 10.8 Å². The van der Waals surface area contributed by atoms with Crippen molar-refractivity contribution in [1.29, 1.82) is 0 Å². The topological polar surface area (TPSA) is 72.8 Å². The van der Waals surface area contributed by atoms with Crippen molar-refractivity contribution < 1.29 is 24.2 Å². The summed E-state index contributed by atoms with van der Waals surface area (Å²) in [6, 6.07) is 0. The minimum absolute atomic E-state index is 0.177. The number of aliphatic hydroxyl groups excluding tert-OH is 1. The Balaban J connectivity index is 3.90. The van der Waals surface area contributed by atoms with Gasteiger partial charge in [0.1, 0.15) is 0 Å². The lowest BCUT2D eigenvalue weighted by Gasteiger charge is -2.22. The normalized spacial score (nSPS) is 11.5. The van der Waals surface area contributed by atoms with Gasteiger partial charge in [-0.05, 0) is 66.2 Å². The molecule has 0 amide bonds. The van der Waals surface area contributed by atoms with Crippen molar-refractivity contribution >= 4 is 11.9 Å². The van der Waals surface area contributed by atoms with Crippen molar-refractivity contribution in [3.63, 3.8) is 0 Å². The van der Waals surface area contributed by atoms with Gasteiger partial charge in [0, 0.05) is 12.8 Å². The van der Waals surface area contributed by atoms with Crippen molar-refractivity contribution in [2.45, 2.75) is 189 Å². The van der Waals surface area contributed by atoms with E-state index >= 15 is 0 Å². The Bertz CT molecular complexity index is 781. The number of esters is 2. The quantitative estimate of drug-likeness (QED) is 0.0595. The van der Waals surface area contributed by atoms with E-state index in [1.807, 2.05) is 27.7 Å². The third-order valence-electron chi connectivity index (χ3n) is 8.39. The smallest absolute Gasteiger partial charge is 0.312 e. The summed E-state index contributed by atoms with van der Waals surface area (Å²) in [4.78, 5) is 24.9. The van der Waals surface area contributed by atoms with E-state index in [4.69, 9.17) is 9.47 Å². The highest BCUT2D eigenvalue weighted by Gasteiger charge is 2.29. The van der Waals surface area contributed by atoms with Gasteiger partial charge in [0.05, 0.1) is 16.9 Å². The molecule has 0 aliphatic carbocycles. The minimum Gasteiger partial charge on any atom is -0.452 e. The van der Waals surface area contributed by atoms with Gasteiger partial charge in [-0.15, -0.1) is 0 Å². The van der Waals surface area contributed by atoms with E-state index in [1.54, 1.807) is 0 Å². The van der Waals surface area contributed by atoms with Gasteiger partial charge in [0.25, 0.3) is 0 Å². The monoisotopic (exact) mass is 617 g/mol. The van der Waals surface area contributed by atoms with E-state index in [0.29, 0.717) is 0 Å². The average molecular weight is 617 g/mol. The number of carbonyl (C=O) groups is 2. The Labute approximate surface area is 272 Å². The van der Waals surface area contributed by atoms with Gasteiger partial charge in [-0.3, -0.25) is 9.59 Å². The van der Waals surface area contributed by atoms with Crippen LogP contribution in [0.15, 0.2) is 0 Å². The van der Waals surface area contributed by atoms with Gasteiger partial charge in [0.15, 0.2) is 13.2 Å². The van der Waals surface area contributed by atoms with Crippen LogP contribution >= 0.6 is 0 Å². The van der Waals surface area contributed by atoms with Crippen LogP contribution in [0.2, 0.25) is 0 Å². The largest absolute Gasteiger partial charge is 0.452 e. The van der Waals surface area contributed by atoms with E-state index in [-0.39, 0.29) is 31.3 Å². The third-order valence-corrected chi connectivity index (χ3v) is 8.39. The van der Waals surface area contributed by atoms with Crippen molar-refractivity contribution in [2.75, 3.05) is 13.2 Å². The van der Waals surface area contributed by atoms with Crippen LogP contribution in [0.4, 0.5) is 0 Å². The van der Waals surface area contributed by atoms with Crippen molar-refractivity contribution in [3.05, 3.63) is 0 Å². The SMILES string of the molecule is CCCCCCCC#CCOC(=O)C(C)(C)CCCCCC(O)CCCCCC(C)(C)C(=O)OCC#CCCCCCCC. The molecule has 254 valence electrons. The molecule has 0 bridgehead atoms. The fourth-order valence-electron chi connectivity index (χ4n) is 5.10. The van der Waals surface area contributed by atoms with E-state index in [2.05, 4.69) is 37.5 Å². The second-order valence-electron chi connectivity index (χ2n) is 13.8. The maximum Gasteiger partial charge on any atom is 0.312 e. The van der Waals surface area contributed by atoms with Gasteiger partial charge in [0.2, 0.25) is 0 Å². The fourth-order valence-corrected chi connectivity index (χ4v) is 5.10. The number of hydrogen-bond donors (Lipinski definition) is 1. The first-order chi connectivity index (χ1) is 21.1. The van der Waals surface area contributed by atoms with Crippen molar-refractivity contribution in [3.8, 4) is 23.7 Å². The predicted octanol–water partition coefficient (Wildman–Crippen LogP) is 10.1. The summed E-state index contributed by atoms with van der Waals surface area (Å²) in [5, 5.41) is 10.4. The van der Waals surface area contributed by atoms with Gasteiger partial charge in [-0.1, -0.05) is 127 Å². The Morgan fingerprint density at radius 1 is 0.545 bits per heavy atom. The molecule has 5 nitrogen and oxygen atoms in total. The number of hydrogen-bond acceptors (Lipinski definition) is 5. The molecule has 0 aromatic rings. The van der Waals surface area contributed by atoms with Crippen LogP contribution in [0.5, 0.6) is 0 Å². The summed E-state index contributed by atoms with van der Waals surface area (Å²) < 4.78 is 10.8. The zero-order valence-corrected chi connectivity index (χ0v) is 29.6.